The lowest BCUT2D eigenvalue weighted by Crippen LogP contribution is -2.04. The van der Waals surface area contributed by atoms with E-state index in [1.807, 2.05) is 31.4 Å². The lowest BCUT2D eigenvalue weighted by molar-refractivity contribution is 0.917. The van der Waals surface area contributed by atoms with Crippen LogP contribution >= 0.6 is 22.9 Å². The van der Waals surface area contributed by atoms with Crippen LogP contribution in [0.2, 0.25) is 0 Å². The van der Waals surface area contributed by atoms with Gasteiger partial charge in [0.15, 0.2) is 0 Å². The third kappa shape index (κ3) is 3.46. The van der Waals surface area contributed by atoms with Gasteiger partial charge >= 0.3 is 0 Å². The first-order valence-electron chi connectivity index (χ1n) is 3.33. The van der Waals surface area contributed by atoms with Crippen LogP contribution in [-0.2, 0) is 0 Å². The van der Waals surface area contributed by atoms with E-state index in [2.05, 4.69) is 11.8 Å². The van der Waals surface area contributed by atoms with E-state index in [4.69, 9.17) is 11.6 Å². The van der Waals surface area contributed by atoms with Crippen molar-refractivity contribution < 1.29 is 0 Å². The Morgan fingerprint density at radius 3 is 2.73 bits per heavy atom. The van der Waals surface area contributed by atoms with Gasteiger partial charge in [-0.3, -0.25) is 0 Å². The zero-order valence-electron chi connectivity index (χ0n) is 6.52. The van der Waals surface area contributed by atoms with Crippen molar-refractivity contribution in [1.29, 1.82) is 0 Å². The van der Waals surface area contributed by atoms with Crippen LogP contribution in [0.5, 0.6) is 0 Å². The average molecular weight is 185 g/mol. The maximum atomic E-state index is 5.88. The van der Waals surface area contributed by atoms with E-state index in [1.54, 1.807) is 11.3 Å². The van der Waals surface area contributed by atoms with E-state index in [0.29, 0.717) is 0 Å². The smallest absolute Gasteiger partial charge is 0.0997 e. The van der Waals surface area contributed by atoms with Gasteiger partial charge in [-0.25, -0.2) is 0 Å². The molecule has 0 amide bonds. The first kappa shape index (κ1) is 8.64. The number of thiophene rings is 1. The van der Waals surface area contributed by atoms with E-state index in [0.717, 1.165) is 4.88 Å². The molecule has 1 heterocycles. The molecule has 0 aliphatic heterocycles. The van der Waals surface area contributed by atoms with Crippen molar-refractivity contribution in [2.45, 2.75) is 18.7 Å². The third-order valence-electron chi connectivity index (χ3n) is 1.00. The summed E-state index contributed by atoms with van der Waals surface area (Å²) in [6, 6.07) is 3.97. The van der Waals surface area contributed by atoms with Crippen LogP contribution in [0, 0.1) is 11.8 Å². The van der Waals surface area contributed by atoms with Crippen molar-refractivity contribution >= 4 is 22.9 Å². The Kier molecular flexibility index (Phi) is 2.59. The summed E-state index contributed by atoms with van der Waals surface area (Å²) < 4.78 is 0. The molecule has 0 bridgehead atoms. The molecular formula is C9H9ClS. The molecule has 0 saturated carbocycles. The summed E-state index contributed by atoms with van der Waals surface area (Å²) in [7, 11) is 0. The van der Waals surface area contributed by atoms with Gasteiger partial charge < -0.3 is 0 Å². The van der Waals surface area contributed by atoms with E-state index in [-0.39, 0.29) is 0 Å². The summed E-state index contributed by atoms with van der Waals surface area (Å²) in [5.41, 5.74) is 0. The van der Waals surface area contributed by atoms with Crippen LogP contribution in [0.4, 0.5) is 0 Å². The Hall–Kier alpha value is -0.450. The van der Waals surface area contributed by atoms with Crippen LogP contribution in [0.3, 0.4) is 0 Å². The number of hydrogen-bond donors (Lipinski definition) is 0. The molecule has 0 fully saturated rings. The largest absolute Gasteiger partial charge is 0.135 e. The lowest BCUT2D eigenvalue weighted by atomic mass is 10.2. The minimum Gasteiger partial charge on any atom is -0.135 e. The molecular weight excluding hydrogens is 176 g/mol. The van der Waals surface area contributed by atoms with Gasteiger partial charge in [-0.1, -0.05) is 17.9 Å². The molecule has 0 unspecified atom stereocenters. The Bertz CT molecular complexity index is 269. The summed E-state index contributed by atoms with van der Waals surface area (Å²) in [6.07, 6.45) is 0. The molecule has 0 N–H and O–H groups in total. The second-order valence-electron chi connectivity index (χ2n) is 2.70. The van der Waals surface area contributed by atoms with Gasteiger partial charge in [0.05, 0.1) is 9.75 Å². The van der Waals surface area contributed by atoms with Gasteiger partial charge in [-0.15, -0.1) is 22.9 Å². The normalized spacial score (nSPS) is 10.5. The first-order chi connectivity index (χ1) is 5.08. The second-order valence-corrected chi connectivity index (χ2v) is 4.59. The molecule has 0 spiro atoms. The van der Waals surface area contributed by atoms with Gasteiger partial charge in [0.2, 0.25) is 0 Å². The molecule has 0 aliphatic rings. The van der Waals surface area contributed by atoms with Crippen molar-refractivity contribution in [2.75, 3.05) is 0 Å². The number of rotatable bonds is 0. The topological polar surface area (TPSA) is 0 Å². The summed E-state index contributed by atoms with van der Waals surface area (Å²) >= 11 is 7.51. The zero-order chi connectivity index (χ0) is 8.32. The molecule has 11 heavy (non-hydrogen) atoms. The second kappa shape index (κ2) is 3.30. The molecule has 2 heteroatoms. The molecule has 0 nitrogen and oxygen atoms in total. The first-order valence-corrected chi connectivity index (χ1v) is 4.59. The van der Waals surface area contributed by atoms with Gasteiger partial charge in [-0.05, 0) is 25.3 Å². The Morgan fingerprint density at radius 1 is 1.55 bits per heavy atom. The summed E-state index contributed by atoms with van der Waals surface area (Å²) in [4.78, 5) is 0.656. The highest BCUT2D eigenvalue weighted by molar-refractivity contribution is 7.10. The van der Waals surface area contributed by atoms with Crippen molar-refractivity contribution in [3.8, 4) is 11.8 Å². The van der Waals surface area contributed by atoms with Gasteiger partial charge in [0.25, 0.3) is 0 Å². The summed E-state index contributed by atoms with van der Waals surface area (Å²) in [5.74, 6) is 5.95. The van der Waals surface area contributed by atoms with E-state index in [9.17, 15) is 0 Å². The maximum absolute atomic E-state index is 5.88. The van der Waals surface area contributed by atoms with Crippen LogP contribution in [0.15, 0.2) is 17.5 Å². The van der Waals surface area contributed by atoms with Crippen molar-refractivity contribution in [3.05, 3.63) is 22.4 Å². The maximum Gasteiger partial charge on any atom is 0.0997 e. The highest BCUT2D eigenvalue weighted by Gasteiger charge is 2.06. The number of hydrogen-bond acceptors (Lipinski definition) is 1. The minimum atomic E-state index is -0.413. The molecule has 1 rings (SSSR count). The van der Waals surface area contributed by atoms with Crippen molar-refractivity contribution in [2.24, 2.45) is 0 Å². The van der Waals surface area contributed by atoms with Crippen LogP contribution in [-0.4, -0.2) is 4.87 Å². The van der Waals surface area contributed by atoms with Crippen LogP contribution in [0.1, 0.15) is 18.7 Å². The van der Waals surface area contributed by atoms with E-state index in [1.165, 1.54) is 0 Å². The molecule has 58 valence electrons. The minimum absolute atomic E-state index is 0.413. The highest BCUT2D eigenvalue weighted by atomic mass is 35.5. The predicted molar refractivity (Wildman–Crippen MR) is 51.1 cm³/mol. The zero-order valence-corrected chi connectivity index (χ0v) is 8.09. The Balaban J connectivity index is 2.74. The van der Waals surface area contributed by atoms with Crippen LogP contribution < -0.4 is 0 Å². The fourth-order valence-electron chi connectivity index (χ4n) is 0.560. The van der Waals surface area contributed by atoms with Gasteiger partial charge in [0, 0.05) is 0 Å². The fourth-order valence-corrected chi connectivity index (χ4v) is 1.18. The van der Waals surface area contributed by atoms with Crippen molar-refractivity contribution in [3.63, 3.8) is 0 Å². The lowest BCUT2D eigenvalue weighted by Gasteiger charge is -2.02. The highest BCUT2D eigenvalue weighted by Crippen LogP contribution is 2.12. The quantitative estimate of drug-likeness (QED) is 0.430. The Labute approximate surface area is 76.2 Å². The summed E-state index contributed by atoms with van der Waals surface area (Å²) in [5, 5.41) is 2.01. The SMILES string of the molecule is CC(C)(Cl)C#Cc1cccs1. The Morgan fingerprint density at radius 2 is 2.27 bits per heavy atom. The van der Waals surface area contributed by atoms with Gasteiger partial charge in [-0.2, -0.15) is 0 Å². The molecule has 0 radical (unpaired) electrons. The molecule has 1 aromatic rings. The van der Waals surface area contributed by atoms with E-state index >= 15 is 0 Å². The van der Waals surface area contributed by atoms with E-state index < -0.39 is 4.87 Å². The monoisotopic (exact) mass is 184 g/mol. The molecule has 0 aromatic carbocycles. The molecule has 0 atom stereocenters. The van der Waals surface area contributed by atoms with Gasteiger partial charge in [0.1, 0.15) is 0 Å². The number of alkyl halides is 1. The predicted octanol–water partition coefficient (Wildman–Crippen LogP) is 3.12. The third-order valence-corrected chi connectivity index (χ3v) is 1.88. The standard InChI is InChI=1S/C9H9ClS/c1-9(2,10)6-5-8-4-3-7-11-8/h3-4,7H,1-2H3. The molecule has 0 aliphatic carbocycles. The van der Waals surface area contributed by atoms with Crippen molar-refractivity contribution in [1.82, 2.24) is 0 Å². The van der Waals surface area contributed by atoms with Crippen LogP contribution in [0.25, 0.3) is 0 Å². The summed E-state index contributed by atoms with van der Waals surface area (Å²) in [6.45, 7) is 3.77. The fraction of sp³-hybridized carbons (Fsp3) is 0.333. The number of halogens is 1. The molecule has 0 saturated heterocycles. The average Bonchev–Trinajstić information content (AvgIpc) is 2.32. The molecule has 1 aromatic heterocycles.